The van der Waals surface area contributed by atoms with Crippen LogP contribution in [0.3, 0.4) is 0 Å². The van der Waals surface area contributed by atoms with Crippen molar-refractivity contribution in [3.63, 3.8) is 0 Å². The van der Waals surface area contributed by atoms with Gasteiger partial charge in [0.1, 0.15) is 0 Å². The van der Waals surface area contributed by atoms with Gasteiger partial charge in [-0.3, -0.25) is 9.59 Å². The van der Waals surface area contributed by atoms with Gasteiger partial charge in [-0.1, -0.05) is 72.8 Å². The van der Waals surface area contributed by atoms with Crippen LogP contribution in [0.4, 0.5) is 0 Å². The van der Waals surface area contributed by atoms with E-state index in [1.165, 1.54) is 0 Å². The van der Waals surface area contributed by atoms with Gasteiger partial charge in [-0.25, -0.2) is 0 Å². The average molecular weight is 541 g/mol. The minimum absolute atomic E-state index is 0.385. The van der Waals surface area contributed by atoms with Gasteiger partial charge < -0.3 is 9.13 Å². The molecule has 0 bridgehead atoms. The number of carbonyl (C=O) groups is 2. The van der Waals surface area contributed by atoms with Crippen LogP contribution < -0.4 is 0 Å². The minimum Gasteiger partial charge on any atom is -0.309 e. The highest BCUT2D eigenvalue weighted by molar-refractivity contribution is 6.49. The summed E-state index contributed by atoms with van der Waals surface area (Å²) < 4.78 is 4.38. The second-order valence-electron chi connectivity index (χ2n) is 10.5. The standard InChI is InChI=1S/C38H24N2O2/c41-37(25-19-21-35-31(23-25)29-15-7-9-17-33(29)39(35)27-11-3-1-4-12-27)38(42)26-20-22-36-32(24-26)30-16-8-10-18-34(30)40(36)28-13-5-2-6-14-28/h1-24H. The molecule has 0 radical (unpaired) electrons. The van der Waals surface area contributed by atoms with Crippen molar-refractivity contribution in [1.82, 2.24) is 9.13 Å². The molecule has 0 aliphatic carbocycles. The Balaban J connectivity index is 1.24. The second kappa shape index (κ2) is 9.43. The van der Waals surface area contributed by atoms with E-state index in [0.29, 0.717) is 11.1 Å². The van der Waals surface area contributed by atoms with Crippen molar-refractivity contribution in [1.29, 1.82) is 0 Å². The lowest BCUT2D eigenvalue weighted by molar-refractivity contribution is 0.0817. The molecule has 0 saturated heterocycles. The molecule has 8 rings (SSSR count). The molecule has 0 amide bonds. The lowest BCUT2D eigenvalue weighted by Gasteiger charge is -2.08. The highest BCUT2D eigenvalue weighted by Crippen LogP contribution is 2.34. The van der Waals surface area contributed by atoms with Crippen LogP contribution in [-0.4, -0.2) is 20.7 Å². The van der Waals surface area contributed by atoms with Crippen molar-refractivity contribution < 1.29 is 9.59 Å². The molecule has 0 atom stereocenters. The summed E-state index contributed by atoms with van der Waals surface area (Å²) in [5, 5.41) is 3.95. The fourth-order valence-electron chi connectivity index (χ4n) is 6.20. The van der Waals surface area contributed by atoms with Crippen molar-refractivity contribution >= 4 is 55.2 Å². The first-order valence-corrected chi connectivity index (χ1v) is 14.0. The van der Waals surface area contributed by atoms with Gasteiger partial charge in [-0.2, -0.15) is 0 Å². The number of ketones is 2. The predicted molar refractivity (Wildman–Crippen MR) is 170 cm³/mol. The molecule has 4 heteroatoms. The zero-order chi connectivity index (χ0) is 28.2. The summed E-state index contributed by atoms with van der Waals surface area (Å²) in [5.74, 6) is -1.03. The van der Waals surface area contributed by atoms with E-state index < -0.39 is 11.6 Å². The van der Waals surface area contributed by atoms with E-state index in [0.717, 1.165) is 55.0 Å². The molecule has 0 aliphatic rings. The van der Waals surface area contributed by atoms with Gasteiger partial charge in [0.25, 0.3) is 0 Å². The fourth-order valence-corrected chi connectivity index (χ4v) is 6.20. The molecule has 0 aliphatic heterocycles. The molecule has 0 saturated carbocycles. The molecular weight excluding hydrogens is 516 g/mol. The quantitative estimate of drug-likeness (QED) is 0.162. The number of hydrogen-bond donors (Lipinski definition) is 0. The van der Waals surface area contributed by atoms with Gasteiger partial charge in [0.05, 0.1) is 22.1 Å². The van der Waals surface area contributed by atoms with Crippen LogP contribution in [0, 0.1) is 0 Å². The number of fused-ring (bicyclic) bond motifs is 6. The number of hydrogen-bond acceptors (Lipinski definition) is 2. The van der Waals surface area contributed by atoms with Crippen LogP contribution >= 0.6 is 0 Å². The maximum atomic E-state index is 13.7. The zero-order valence-electron chi connectivity index (χ0n) is 22.6. The summed E-state index contributed by atoms with van der Waals surface area (Å²) >= 11 is 0. The zero-order valence-corrected chi connectivity index (χ0v) is 22.6. The van der Waals surface area contributed by atoms with Gasteiger partial charge in [0.15, 0.2) is 0 Å². The number of para-hydroxylation sites is 4. The van der Waals surface area contributed by atoms with E-state index in [-0.39, 0.29) is 0 Å². The van der Waals surface area contributed by atoms with E-state index in [4.69, 9.17) is 0 Å². The van der Waals surface area contributed by atoms with Crippen molar-refractivity contribution in [2.75, 3.05) is 0 Å². The maximum Gasteiger partial charge on any atom is 0.233 e. The number of rotatable bonds is 5. The van der Waals surface area contributed by atoms with E-state index >= 15 is 0 Å². The lowest BCUT2D eigenvalue weighted by atomic mass is 9.98. The van der Waals surface area contributed by atoms with E-state index in [2.05, 4.69) is 57.7 Å². The van der Waals surface area contributed by atoms with Crippen molar-refractivity contribution in [3.05, 3.63) is 157 Å². The smallest absolute Gasteiger partial charge is 0.233 e. The summed E-state index contributed by atoms with van der Waals surface area (Å²) in [4.78, 5) is 27.3. The highest BCUT2D eigenvalue weighted by Gasteiger charge is 2.22. The van der Waals surface area contributed by atoms with Crippen LogP contribution in [-0.2, 0) is 0 Å². The number of nitrogens with zero attached hydrogens (tertiary/aromatic N) is 2. The first kappa shape index (κ1) is 24.1. The molecule has 0 N–H and O–H groups in total. The van der Waals surface area contributed by atoms with Gasteiger partial charge in [-0.15, -0.1) is 0 Å². The largest absolute Gasteiger partial charge is 0.309 e. The van der Waals surface area contributed by atoms with Gasteiger partial charge in [0, 0.05) is 44.0 Å². The summed E-state index contributed by atoms with van der Waals surface area (Å²) in [5.41, 5.74) is 6.93. The van der Waals surface area contributed by atoms with Gasteiger partial charge in [0.2, 0.25) is 11.6 Å². The molecule has 42 heavy (non-hydrogen) atoms. The number of Topliss-reactive ketones (excluding diaryl/α,β-unsaturated/α-hetero) is 2. The second-order valence-corrected chi connectivity index (χ2v) is 10.5. The molecule has 0 unspecified atom stereocenters. The molecule has 6 aromatic carbocycles. The Labute approximate surface area is 241 Å². The van der Waals surface area contributed by atoms with Crippen LogP contribution in [0.1, 0.15) is 20.7 Å². The number of aromatic nitrogens is 2. The van der Waals surface area contributed by atoms with Crippen molar-refractivity contribution in [3.8, 4) is 11.4 Å². The van der Waals surface area contributed by atoms with Crippen molar-refractivity contribution in [2.45, 2.75) is 0 Å². The normalized spacial score (nSPS) is 11.5. The first-order valence-electron chi connectivity index (χ1n) is 14.0. The Bertz CT molecular complexity index is 2160. The molecular formula is C38H24N2O2. The van der Waals surface area contributed by atoms with Gasteiger partial charge in [-0.05, 0) is 72.8 Å². The highest BCUT2D eigenvalue weighted by atomic mass is 16.2. The fraction of sp³-hybridized carbons (Fsp3) is 0. The molecule has 2 aromatic heterocycles. The molecule has 8 aromatic rings. The van der Waals surface area contributed by atoms with Crippen LogP contribution in [0.5, 0.6) is 0 Å². The van der Waals surface area contributed by atoms with Crippen LogP contribution in [0.2, 0.25) is 0 Å². The van der Waals surface area contributed by atoms with Crippen molar-refractivity contribution in [2.24, 2.45) is 0 Å². The predicted octanol–water partition coefficient (Wildman–Crippen LogP) is 8.95. The Morgan fingerprint density at radius 3 is 1.14 bits per heavy atom. The van der Waals surface area contributed by atoms with Crippen LogP contribution in [0.15, 0.2) is 146 Å². The average Bonchev–Trinajstić information content (AvgIpc) is 3.57. The molecule has 2 heterocycles. The summed E-state index contributed by atoms with van der Waals surface area (Å²) in [6, 6.07) is 47.8. The number of carbonyl (C=O) groups excluding carboxylic acids is 2. The summed E-state index contributed by atoms with van der Waals surface area (Å²) in [6.07, 6.45) is 0. The molecule has 198 valence electrons. The topological polar surface area (TPSA) is 44.0 Å². The maximum absolute atomic E-state index is 13.7. The Morgan fingerprint density at radius 1 is 0.357 bits per heavy atom. The summed E-state index contributed by atoms with van der Waals surface area (Å²) in [7, 11) is 0. The Kier molecular flexibility index (Phi) is 5.41. The van der Waals surface area contributed by atoms with Crippen LogP contribution in [0.25, 0.3) is 55.0 Å². The van der Waals surface area contributed by atoms with E-state index in [9.17, 15) is 9.59 Å². The third-order valence-electron chi connectivity index (χ3n) is 8.10. The van der Waals surface area contributed by atoms with E-state index in [1.807, 2.05) is 84.9 Å². The number of benzene rings is 6. The monoisotopic (exact) mass is 540 g/mol. The Hall–Kier alpha value is -5.74. The summed E-state index contributed by atoms with van der Waals surface area (Å²) in [6.45, 7) is 0. The van der Waals surface area contributed by atoms with Gasteiger partial charge >= 0.3 is 0 Å². The minimum atomic E-state index is -0.514. The lowest BCUT2D eigenvalue weighted by Crippen LogP contribution is -2.14. The first-order chi connectivity index (χ1) is 20.7. The molecule has 0 fully saturated rings. The molecule has 0 spiro atoms. The van der Waals surface area contributed by atoms with E-state index in [1.54, 1.807) is 12.1 Å². The Morgan fingerprint density at radius 2 is 0.714 bits per heavy atom. The third kappa shape index (κ3) is 3.62. The third-order valence-corrected chi connectivity index (χ3v) is 8.10. The SMILES string of the molecule is O=C(C(=O)c1ccc2c(c1)c1ccccc1n2-c1ccccc1)c1ccc2c(c1)c1ccccc1n2-c1ccccc1. The molecule has 4 nitrogen and oxygen atoms in total.